The van der Waals surface area contributed by atoms with E-state index >= 15 is 0 Å². The number of hydrogen-bond acceptors (Lipinski definition) is 7. The number of benzene rings is 1. The van der Waals surface area contributed by atoms with Gasteiger partial charge in [0.15, 0.2) is 5.82 Å². The van der Waals surface area contributed by atoms with Crippen molar-refractivity contribution in [3.05, 3.63) is 67.4 Å². The van der Waals surface area contributed by atoms with Gasteiger partial charge in [-0.05, 0) is 23.3 Å². The largest absolute Gasteiger partial charge is 0.383 e. The quantitative estimate of drug-likeness (QED) is 0.362. The van der Waals surface area contributed by atoms with Crippen molar-refractivity contribution in [2.24, 2.45) is 7.05 Å². The number of anilines is 1. The van der Waals surface area contributed by atoms with Crippen molar-refractivity contribution in [2.75, 3.05) is 25.6 Å². The zero-order valence-corrected chi connectivity index (χ0v) is 18.6. The molecule has 0 aliphatic carbocycles. The molecule has 160 valence electrons. The van der Waals surface area contributed by atoms with Gasteiger partial charge in [0.1, 0.15) is 16.3 Å². The van der Waals surface area contributed by atoms with Crippen LogP contribution in [0.1, 0.15) is 0 Å². The molecule has 0 spiro atoms. The molecule has 1 N–H and O–H groups in total. The predicted octanol–water partition coefficient (Wildman–Crippen LogP) is 4.88. The summed E-state index contributed by atoms with van der Waals surface area (Å²) in [5.41, 5.74) is 4.08. The smallest absolute Gasteiger partial charge is 0.183 e. The van der Waals surface area contributed by atoms with E-state index in [1.54, 1.807) is 24.8 Å². The third kappa shape index (κ3) is 3.86. The molecule has 0 saturated heterocycles. The zero-order chi connectivity index (χ0) is 21.9. The number of aryl methyl sites for hydroxylation is 1. The van der Waals surface area contributed by atoms with Crippen LogP contribution in [0.15, 0.2) is 67.4 Å². The number of rotatable bonds is 7. The maximum absolute atomic E-state index is 5.26. The summed E-state index contributed by atoms with van der Waals surface area (Å²) in [5.74, 6) is 1.38. The molecule has 0 unspecified atom stereocenters. The fraction of sp³-hybridized carbons (Fsp3) is 0.167. The van der Waals surface area contributed by atoms with Gasteiger partial charge in [0.2, 0.25) is 0 Å². The lowest BCUT2D eigenvalue weighted by molar-refractivity contribution is 0.210. The Morgan fingerprint density at radius 3 is 2.56 bits per heavy atom. The first-order valence-electron chi connectivity index (χ1n) is 10.3. The molecule has 0 saturated carbocycles. The van der Waals surface area contributed by atoms with Crippen molar-refractivity contribution in [3.8, 4) is 33.1 Å². The topological polar surface area (TPSA) is 77.8 Å². The maximum atomic E-state index is 5.26. The molecule has 0 radical (unpaired) electrons. The van der Waals surface area contributed by atoms with Gasteiger partial charge in [0, 0.05) is 49.7 Å². The average Bonchev–Trinajstić information content (AvgIpc) is 3.44. The van der Waals surface area contributed by atoms with E-state index in [0.29, 0.717) is 19.0 Å². The third-order valence-corrected chi connectivity index (χ3v) is 6.22. The number of ether oxygens (including phenoxy) is 1. The van der Waals surface area contributed by atoms with Crippen LogP contribution in [0.2, 0.25) is 0 Å². The van der Waals surface area contributed by atoms with Crippen LogP contribution in [-0.2, 0) is 11.8 Å². The molecule has 4 heterocycles. The molecule has 32 heavy (non-hydrogen) atoms. The Morgan fingerprint density at radius 2 is 1.84 bits per heavy atom. The summed E-state index contributed by atoms with van der Waals surface area (Å²) in [6.07, 6.45) is 7.32. The lowest BCUT2D eigenvalue weighted by Crippen LogP contribution is -2.10. The van der Waals surface area contributed by atoms with Gasteiger partial charge in [0.25, 0.3) is 0 Å². The molecule has 0 amide bonds. The van der Waals surface area contributed by atoms with E-state index < -0.39 is 0 Å². The maximum Gasteiger partial charge on any atom is 0.183 e. The van der Waals surface area contributed by atoms with Crippen LogP contribution < -0.4 is 5.32 Å². The molecule has 0 bridgehead atoms. The number of hydrogen-bond donors (Lipinski definition) is 1. The number of nitrogens with zero attached hydrogens (tertiary/aromatic N) is 5. The molecule has 4 aromatic heterocycles. The van der Waals surface area contributed by atoms with Crippen LogP contribution in [0.4, 0.5) is 5.82 Å². The molecule has 0 aliphatic heterocycles. The van der Waals surface area contributed by atoms with E-state index in [-0.39, 0.29) is 0 Å². The highest BCUT2D eigenvalue weighted by Gasteiger charge is 2.22. The molecule has 0 aliphatic rings. The number of aromatic nitrogens is 5. The van der Waals surface area contributed by atoms with Crippen LogP contribution in [0, 0.1) is 0 Å². The minimum absolute atomic E-state index is 0.576. The van der Waals surface area contributed by atoms with Crippen molar-refractivity contribution < 1.29 is 4.74 Å². The van der Waals surface area contributed by atoms with Gasteiger partial charge in [-0.1, -0.05) is 30.3 Å². The Bertz CT molecular complexity index is 1350. The van der Waals surface area contributed by atoms with Gasteiger partial charge in [-0.3, -0.25) is 4.98 Å². The molecule has 5 aromatic rings. The summed E-state index contributed by atoms with van der Waals surface area (Å²) < 4.78 is 7.15. The standard InChI is InChI=1S/C24H22N6OS/c1-30-14-18(27-15-30)22-28-23(26-12-13-31-2)20-19(16-6-4-3-5-7-16)21(32-24(20)29-22)17-8-10-25-11-9-17/h3-11,14-15H,12-13H2,1-2H3,(H,26,28,29). The van der Waals surface area contributed by atoms with Crippen molar-refractivity contribution in [1.82, 2.24) is 24.5 Å². The summed E-state index contributed by atoms with van der Waals surface area (Å²) >= 11 is 1.66. The first-order valence-corrected chi connectivity index (χ1v) is 11.1. The number of fused-ring (bicyclic) bond motifs is 1. The van der Waals surface area contributed by atoms with Crippen LogP contribution in [0.3, 0.4) is 0 Å². The van der Waals surface area contributed by atoms with E-state index in [0.717, 1.165) is 43.3 Å². The minimum atomic E-state index is 0.576. The van der Waals surface area contributed by atoms with E-state index in [4.69, 9.17) is 14.7 Å². The van der Waals surface area contributed by atoms with Gasteiger partial charge < -0.3 is 14.6 Å². The zero-order valence-electron chi connectivity index (χ0n) is 17.8. The van der Waals surface area contributed by atoms with Gasteiger partial charge in [-0.2, -0.15) is 0 Å². The molecular weight excluding hydrogens is 420 g/mol. The average molecular weight is 443 g/mol. The lowest BCUT2D eigenvalue weighted by Gasteiger charge is -2.11. The second-order valence-corrected chi connectivity index (χ2v) is 8.33. The van der Waals surface area contributed by atoms with Crippen molar-refractivity contribution in [3.63, 3.8) is 0 Å². The van der Waals surface area contributed by atoms with Gasteiger partial charge in [-0.15, -0.1) is 11.3 Å². The van der Waals surface area contributed by atoms with E-state index in [1.165, 1.54) is 0 Å². The van der Waals surface area contributed by atoms with Crippen molar-refractivity contribution >= 4 is 27.4 Å². The van der Waals surface area contributed by atoms with Crippen LogP contribution in [0.5, 0.6) is 0 Å². The fourth-order valence-electron chi connectivity index (χ4n) is 3.63. The van der Waals surface area contributed by atoms with Crippen molar-refractivity contribution in [2.45, 2.75) is 0 Å². The SMILES string of the molecule is COCCNc1nc(-c2cn(C)cn2)nc2sc(-c3ccncc3)c(-c3ccccc3)c12. The summed E-state index contributed by atoms with van der Waals surface area (Å²) in [5, 5.41) is 4.47. The predicted molar refractivity (Wildman–Crippen MR) is 129 cm³/mol. The first kappa shape index (κ1) is 20.3. The minimum Gasteiger partial charge on any atom is -0.383 e. The molecule has 0 atom stereocenters. The van der Waals surface area contributed by atoms with E-state index in [9.17, 15) is 0 Å². The Hall–Kier alpha value is -3.62. The molecule has 7 nitrogen and oxygen atoms in total. The Labute approximate surface area is 189 Å². The normalized spacial score (nSPS) is 11.2. The monoisotopic (exact) mass is 442 g/mol. The Kier molecular flexibility index (Phi) is 5.62. The second-order valence-electron chi connectivity index (χ2n) is 7.33. The highest BCUT2D eigenvalue weighted by atomic mass is 32.1. The van der Waals surface area contributed by atoms with E-state index in [2.05, 4.69) is 39.6 Å². The number of thiophene rings is 1. The fourth-order valence-corrected chi connectivity index (χ4v) is 4.83. The van der Waals surface area contributed by atoms with Crippen LogP contribution in [-0.4, -0.2) is 44.8 Å². The van der Waals surface area contributed by atoms with Gasteiger partial charge in [0.05, 0.1) is 18.3 Å². The number of nitrogens with one attached hydrogen (secondary N) is 1. The second kappa shape index (κ2) is 8.86. The summed E-state index contributed by atoms with van der Waals surface area (Å²) in [6, 6.07) is 14.4. The molecule has 5 rings (SSSR count). The highest BCUT2D eigenvalue weighted by Crippen LogP contribution is 2.46. The molecule has 1 aromatic carbocycles. The molecular formula is C24H22N6OS. The van der Waals surface area contributed by atoms with Crippen LogP contribution in [0.25, 0.3) is 43.3 Å². The van der Waals surface area contributed by atoms with Crippen molar-refractivity contribution in [1.29, 1.82) is 0 Å². The lowest BCUT2D eigenvalue weighted by atomic mass is 10.00. The summed E-state index contributed by atoms with van der Waals surface area (Å²) in [7, 11) is 3.63. The molecule has 0 fully saturated rings. The molecule has 8 heteroatoms. The number of methoxy groups -OCH3 is 1. The van der Waals surface area contributed by atoms with Crippen LogP contribution >= 0.6 is 11.3 Å². The highest BCUT2D eigenvalue weighted by molar-refractivity contribution is 7.22. The Morgan fingerprint density at radius 1 is 1.03 bits per heavy atom. The van der Waals surface area contributed by atoms with Gasteiger partial charge >= 0.3 is 0 Å². The Balaban J connectivity index is 1.79. The summed E-state index contributed by atoms with van der Waals surface area (Å²) in [6.45, 7) is 1.21. The summed E-state index contributed by atoms with van der Waals surface area (Å²) in [4.78, 5) is 20.5. The van der Waals surface area contributed by atoms with Gasteiger partial charge in [-0.25, -0.2) is 15.0 Å². The number of imidazole rings is 1. The van der Waals surface area contributed by atoms with E-state index in [1.807, 2.05) is 48.4 Å². The number of pyridine rings is 1. The first-order chi connectivity index (χ1) is 15.7. The third-order valence-electron chi connectivity index (χ3n) is 5.09.